The van der Waals surface area contributed by atoms with Crippen molar-refractivity contribution in [1.82, 2.24) is 14.5 Å². The summed E-state index contributed by atoms with van der Waals surface area (Å²) in [4.78, 5) is 17.7. The van der Waals surface area contributed by atoms with Crippen molar-refractivity contribution >= 4 is 5.91 Å². The zero-order chi connectivity index (χ0) is 10.8. The van der Waals surface area contributed by atoms with Crippen LogP contribution in [0.1, 0.15) is 23.3 Å². The number of aromatic nitrogens is 2. The molecule has 1 aliphatic heterocycles. The van der Waals surface area contributed by atoms with Gasteiger partial charge in [-0.25, -0.2) is 4.98 Å². The van der Waals surface area contributed by atoms with Crippen molar-refractivity contribution in [3.05, 3.63) is 18.2 Å². The highest BCUT2D eigenvalue weighted by atomic mass is 16.3. The molecule has 2 rings (SSSR count). The van der Waals surface area contributed by atoms with Crippen molar-refractivity contribution in [2.45, 2.75) is 18.9 Å². The molecular formula is C10H15N3O2. The van der Waals surface area contributed by atoms with E-state index >= 15 is 0 Å². The number of amides is 1. The monoisotopic (exact) mass is 209 g/mol. The lowest BCUT2D eigenvalue weighted by atomic mass is 10.2. The highest BCUT2D eigenvalue weighted by Crippen LogP contribution is 2.18. The van der Waals surface area contributed by atoms with Gasteiger partial charge in [0.1, 0.15) is 5.69 Å². The van der Waals surface area contributed by atoms with Crippen molar-refractivity contribution in [3.8, 4) is 0 Å². The molecule has 1 fully saturated rings. The lowest BCUT2D eigenvalue weighted by molar-refractivity contribution is 0.0672. The molecule has 1 amide bonds. The quantitative estimate of drug-likeness (QED) is 0.747. The van der Waals surface area contributed by atoms with Gasteiger partial charge in [0.05, 0.1) is 19.0 Å². The maximum absolute atomic E-state index is 12.0. The predicted octanol–water partition coefficient (Wildman–Crippen LogP) is 0.0170. The molecule has 1 atom stereocenters. The first-order valence-corrected chi connectivity index (χ1v) is 5.12. The van der Waals surface area contributed by atoms with E-state index in [9.17, 15) is 4.79 Å². The number of imidazole rings is 1. The fourth-order valence-corrected chi connectivity index (χ4v) is 1.96. The zero-order valence-corrected chi connectivity index (χ0v) is 8.76. The molecule has 1 N–H and O–H groups in total. The van der Waals surface area contributed by atoms with Crippen molar-refractivity contribution < 1.29 is 9.90 Å². The third kappa shape index (κ3) is 1.87. The molecule has 82 valence electrons. The topological polar surface area (TPSA) is 58.4 Å². The first-order chi connectivity index (χ1) is 7.22. The minimum absolute atomic E-state index is 0.0282. The second-order valence-corrected chi connectivity index (χ2v) is 3.90. The van der Waals surface area contributed by atoms with Gasteiger partial charge in [0.25, 0.3) is 5.91 Å². The lowest BCUT2D eigenvalue weighted by Crippen LogP contribution is -2.37. The SMILES string of the molecule is Cn1cnc(C(=O)N2CCC[C@@H]2CO)c1. The molecule has 0 bridgehead atoms. The fourth-order valence-electron chi connectivity index (χ4n) is 1.96. The Labute approximate surface area is 88.3 Å². The number of aryl methyl sites for hydroxylation is 1. The molecular weight excluding hydrogens is 194 g/mol. The standard InChI is InChI=1S/C10H15N3O2/c1-12-5-9(11-7-12)10(15)13-4-2-3-8(13)6-14/h5,7-8,14H,2-4,6H2,1H3/t8-/m1/s1. The van der Waals surface area contributed by atoms with Crippen LogP contribution in [0.4, 0.5) is 0 Å². The molecule has 5 nitrogen and oxygen atoms in total. The van der Waals surface area contributed by atoms with Crippen LogP contribution in [-0.4, -0.2) is 44.7 Å². The number of carbonyl (C=O) groups is 1. The Kier molecular flexibility index (Phi) is 2.73. The van der Waals surface area contributed by atoms with Crippen LogP contribution in [0.3, 0.4) is 0 Å². The van der Waals surface area contributed by atoms with E-state index in [2.05, 4.69) is 4.98 Å². The van der Waals surface area contributed by atoms with E-state index in [1.54, 1.807) is 22.0 Å². The van der Waals surface area contributed by atoms with E-state index in [1.807, 2.05) is 7.05 Å². The van der Waals surface area contributed by atoms with E-state index in [1.165, 1.54) is 0 Å². The largest absolute Gasteiger partial charge is 0.394 e. The number of likely N-dealkylation sites (tertiary alicyclic amines) is 1. The maximum Gasteiger partial charge on any atom is 0.274 e. The fraction of sp³-hybridized carbons (Fsp3) is 0.600. The van der Waals surface area contributed by atoms with E-state index in [-0.39, 0.29) is 18.6 Å². The molecule has 5 heteroatoms. The van der Waals surface area contributed by atoms with E-state index in [4.69, 9.17) is 5.11 Å². The minimum Gasteiger partial charge on any atom is -0.394 e. The Morgan fingerprint density at radius 2 is 2.53 bits per heavy atom. The van der Waals surface area contributed by atoms with Crippen LogP contribution in [0.5, 0.6) is 0 Å². The van der Waals surface area contributed by atoms with Gasteiger partial charge >= 0.3 is 0 Å². The number of hydrogen-bond acceptors (Lipinski definition) is 3. The molecule has 1 aromatic rings. The maximum atomic E-state index is 12.0. The molecule has 0 unspecified atom stereocenters. The molecule has 2 heterocycles. The second-order valence-electron chi connectivity index (χ2n) is 3.90. The highest BCUT2D eigenvalue weighted by Gasteiger charge is 2.29. The summed E-state index contributed by atoms with van der Waals surface area (Å²) in [5, 5.41) is 9.12. The van der Waals surface area contributed by atoms with Crippen LogP contribution >= 0.6 is 0 Å². The van der Waals surface area contributed by atoms with Gasteiger partial charge in [-0.2, -0.15) is 0 Å². The molecule has 1 aliphatic rings. The summed E-state index contributed by atoms with van der Waals surface area (Å²) in [5.41, 5.74) is 0.456. The molecule has 0 radical (unpaired) electrons. The van der Waals surface area contributed by atoms with Gasteiger partial charge in [0.2, 0.25) is 0 Å². The number of hydrogen-bond donors (Lipinski definition) is 1. The van der Waals surface area contributed by atoms with Crippen LogP contribution in [0.2, 0.25) is 0 Å². The molecule has 1 aromatic heterocycles. The Morgan fingerprint density at radius 1 is 1.73 bits per heavy atom. The summed E-state index contributed by atoms with van der Waals surface area (Å²) in [6.07, 6.45) is 5.16. The van der Waals surface area contributed by atoms with Crippen LogP contribution in [-0.2, 0) is 7.05 Å². The van der Waals surface area contributed by atoms with E-state index in [0.717, 1.165) is 19.4 Å². The Morgan fingerprint density at radius 3 is 3.13 bits per heavy atom. The summed E-state index contributed by atoms with van der Waals surface area (Å²) in [5.74, 6) is -0.0767. The third-order valence-corrected chi connectivity index (χ3v) is 2.77. The molecule has 15 heavy (non-hydrogen) atoms. The van der Waals surface area contributed by atoms with Crippen LogP contribution in [0.25, 0.3) is 0 Å². The van der Waals surface area contributed by atoms with Gasteiger partial charge in [-0.15, -0.1) is 0 Å². The summed E-state index contributed by atoms with van der Waals surface area (Å²) in [7, 11) is 1.83. The second kappa shape index (κ2) is 4.02. The number of carbonyl (C=O) groups excluding carboxylic acids is 1. The average molecular weight is 209 g/mol. The Balaban J connectivity index is 2.13. The average Bonchev–Trinajstić information content (AvgIpc) is 2.84. The molecule has 0 spiro atoms. The van der Waals surface area contributed by atoms with E-state index in [0.29, 0.717) is 5.69 Å². The Hall–Kier alpha value is -1.36. The van der Waals surface area contributed by atoms with Crippen molar-refractivity contribution in [2.75, 3.05) is 13.2 Å². The van der Waals surface area contributed by atoms with Gasteiger partial charge in [0.15, 0.2) is 0 Å². The minimum atomic E-state index is -0.0767. The zero-order valence-electron chi connectivity index (χ0n) is 8.76. The van der Waals surface area contributed by atoms with Gasteiger partial charge in [-0.05, 0) is 12.8 Å². The first-order valence-electron chi connectivity index (χ1n) is 5.12. The summed E-state index contributed by atoms with van der Waals surface area (Å²) in [6.45, 7) is 0.763. The van der Waals surface area contributed by atoms with Gasteiger partial charge in [-0.3, -0.25) is 4.79 Å². The normalized spacial score (nSPS) is 20.9. The summed E-state index contributed by atoms with van der Waals surface area (Å²) in [6, 6.07) is -0.0282. The summed E-state index contributed by atoms with van der Waals surface area (Å²) >= 11 is 0. The lowest BCUT2D eigenvalue weighted by Gasteiger charge is -2.21. The van der Waals surface area contributed by atoms with E-state index < -0.39 is 0 Å². The molecule has 0 aromatic carbocycles. The highest BCUT2D eigenvalue weighted by molar-refractivity contribution is 5.92. The van der Waals surface area contributed by atoms with Crippen molar-refractivity contribution in [1.29, 1.82) is 0 Å². The number of nitrogens with zero attached hydrogens (tertiary/aromatic N) is 3. The number of aliphatic hydroxyl groups is 1. The predicted molar refractivity (Wildman–Crippen MR) is 54.4 cm³/mol. The van der Waals surface area contributed by atoms with Crippen LogP contribution in [0, 0.1) is 0 Å². The van der Waals surface area contributed by atoms with Gasteiger partial charge in [-0.1, -0.05) is 0 Å². The van der Waals surface area contributed by atoms with Crippen LogP contribution < -0.4 is 0 Å². The van der Waals surface area contributed by atoms with Gasteiger partial charge < -0.3 is 14.6 Å². The van der Waals surface area contributed by atoms with Crippen molar-refractivity contribution in [3.63, 3.8) is 0 Å². The Bertz CT molecular complexity index is 361. The van der Waals surface area contributed by atoms with Gasteiger partial charge in [0, 0.05) is 19.8 Å². The summed E-state index contributed by atoms with van der Waals surface area (Å²) < 4.78 is 1.75. The third-order valence-electron chi connectivity index (χ3n) is 2.77. The molecule has 0 saturated carbocycles. The number of aliphatic hydroxyl groups excluding tert-OH is 1. The smallest absolute Gasteiger partial charge is 0.274 e. The van der Waals surface area contributed by atoms with Crippen molar-refractivity contribution in [2.24, 2.45) is 7.05 Å². The first kappa shape index (κ1) is 10.2. The molecule has 1 saturated heterocycles. The molecule has 0 aliphatic carbocycles. The number of rotatable bonds is 2. The van der Waals surface area contributed by atoms with Crippen LogP contribution in [0.15, 0.2) is 12.5 Å².